The first-order chi connectivity index (χ1) is 9.61. The molecule has 1 aliphatic rings. The zero-order valence-electron chi connectivity index (χ0n) is 11.3. The molecule has 20 heavy (non-hydrogen) atoms. The van der Waals surface area contributed by atoms with Crippen molar-refractivity contribution in [3.8, 4) is 11.1 Å². The third kappa shape index (κ3) is 2.16. The third-order valence-electron chi connectivity index (χ3n) is 4.01. The smallest absolute Gasteiger partial charge is 0.423 e. The molecule has 2 nitrogen and oxygen atoms in total. The Balaban J connectivity index is 2.18. The summed E-state index contributed by atoms with van der Waals surface area (Å²) in [6, 6.07) is 11.7. The predicted octanol–water partition coefficient (Wildman–Crippen LogP) is 2.93. The van der Waals surface area contributed by atoms with Crippen molar-refractivity contribution in [1.82, 2.24) is 0 Å². The highest BCUT2D eigenvalue weighted by Crippen LogP contribution is 2.47. The highest BCUT2D eigenvalue weighted by Gasteiger charge is 2.29. The average molecular weight is 287 g/mol. The lowest BCUT2D eigenvalue weighted by molar-refractivity contribution is 0.425. The quantitative estimate of drug-likeness (QED) is 0.852. The minimum Gasteiger partial charge on any atom is -0.423 e. The topological polar surface area (TPSA) is 40.5 Å². The molecule has 2 N–H and O–H groups in total. The molecule has 102 valence electrons. The van der Waals surface area contributed by atoms with E-state index in [-0.39, 0.29) is 0 Å². The number of halogens is 1. The van der Waals surface area contributed by atoms with Gasteiger partial charge in [0.05, 0.1) is 0 Å². The first-order valence-electron chi connectivity index (χ1n) is 6.91. The Morgan fingerprint density at radius 2 is 1.70 bits per heavy atom. The summed E-state index contributed by atoms with van der Waals surface area (Å²) >= 11 is 6.13. The summed E-state index contributed by atoms with van der Waals surface area (Å²) in [6.07, 6.45) is 2.10. The van der Waals surface area contributed by atoms with E-state index in [0.717, 1.165) is 17.9 Å². The maximum Gasteiger partial charge on any atom is 0.488 e. The molecule has 1 unspecified atom stereocenters. The standard InChI is InChI=1S/C16H16BClO2/c1-2-3-12-15-8-10(17(19)20)4-6-13(15)14-7-5-11(18)9-16(12)14/h4-9,12,19-20H,2-3H2,1H3. The minimum absolute atomic E-state index is 0.294. The lowest BCUT2D eigenvalue weighted by Gasteiger charge is -2.13. The molecule has 3 rings (SSSR count). The van der Waals surface area contributed by atoms with Crippen LogP contribution in [0.2, 0.25) is 5.02 Å². The van der Waals surface area contributed by atoms with Gasteiger partial charge in [0.15, 0.2) is 0 Å². The van der Waals surface area contributed by atoms with Crippen LogP contribution in [0, 0.1) is 0 Å². The number of rotatable bonds is 3. The first-order valence-corrected chi connectivity index (χ1v) is 7.29. The fourth-order valence-corrected chi connectivity index (χ4v) is 3.29. The van der Waals surface area contributed by atoms with Gasteiger partial charge in [-0.3, -0.25) is 0 Å². The lowest BCUT2D eigenvalue weighted by Crippen LogP contribution is -2.30. The Kier molecular flexibility index (Phi) is 3.59. The van der Waals surface area contributed by atoms with E-state index in [4.69, 9.17) is 11.6 Å². The van der Waals surface area contributed by atoms with Crippen LogP contribution in [0.25, 0.3) is 11.1 Å². The predicted molar refractivity (Wildman–Crippen MR) is 83.5 cm³/mol. The summed E-state index contributed by atoms with van der Waals surface area (Å²) in [5, 5.41) is 19.5. The van der Waals surface area contributed by atoms with E-state index in [1.54, 1.807) is 6.07 Å². The van der Waals surface area contributed by atoms with Gasteiger partial charge >= 0.3 is 7.12 Å². The number of hydrogen-bond donors (Lipinski definition) is 2. The molecule has 0 fully saturated rings. The van der Waals surface area contributed by atoms with Crippen LogP contribution in [-0.2, 0) is 0 Å². The molecule has 0 radical (unpaired) electrons. The number of fused-ring (bicyclic) bond motifs is 3. The lowest BCUT2D eigenvalue weighted by atomic mass is 9.78. The van der Waals surface area contributed by atoms with Crippen LogP contribution in [0.3, 0.4) is 0 Å². The van der Waals surface area contributed by atoms with E-state index in [9.17, 15) is 10.0 Å². The van der Waals surface area contributed by atoms with Crippen molar-refractivity contribution >= 4 is 24.2 Å². The van der Waals surface area contributed by atoms with Gasteiger partial charge in [-0.25, -0.2) is 0 Å². The molecule has 2 aromatic rings. The molecular formula is C16H16BClO2. The Bertz CT molecular complexity index is 655. The van der Waals surface area contributed by atoms with Gasteiger partial charge in [0.1, 0.15) is 0 Å². The Morgan fingerprint density at radius 1 is 1.05 bits per heavy atom. The molecule has 1 aliphatic carbocycles. The Hall–Kier alpha value is -1.29. The normalized spacial score (nSPS) is 15.9. The highest BCUT2D eigenvalue weighted by atomic mass is 35.5. The zero-order valence-corrected chi connectivity index (χ0v) is 12.1. The van der Waals surface area contributed by atoms with E-state index >= 15 is 0 Å². The van der Waals surface area contributed by atoms with Crippen LogP contribution >= 0.6 is 11.6 Å². The van der Waals surface area contributed by atoms with Crippen LogP contribution in [0.1, 0.15) is 36.8 Å². The monoisotopic (exact) mass is 286 g/mol. The van der Waals surface area contributed by atoms with Crippen LogP contribution in [0.15, 0.2) is 36.4 Å². The third-order valence-corrected chi connectivity index (χ3v) is 4.24. The van der Waals surface area contributed by atoms with Gasteiger partial charge in [-0.1, -0.05) is 49.2 Å². The molecule has 4 heteroatoms. The molecule has 0 saturated carbocycles. The second kappa shape index (κ2) is 5.25. The second-order valence-corrected chi connectivity index (χ2v) is 5.73. The maximum atomic E-state index is 9.37. The van der Waals surface area contributed by atoms with Gasteiger partial charge in [-0.15, -0.1) is 0 Å². The summed E-state index contributed by atoms with van der Waals surface area (Å²) in [7, 11) is -1.42. The fourth-order valence-electron chi connectivity index (χ4n) is 3.11. The van der Waals surface area contributed by atoms with Crippen LogP contribution in [0.5, 0.6) is 0 Å². The molecule has 1 atom stereocenters. The summed E-state index contributed by atoms with van der Waals surface area (Å²) in [5.74, 6) is 0.294. The maximum absolute atomic E-state index is 9.37. The zero-order chi connectivity index (χ0) is 14.3. The molecule has 0 aromatic heterocycles. The van der Waals surface area contributed by atoms with E-state index in [0.29, 0.717) is 11.4 Å². The summed E-state index contributed by atoms with van der Waals surface area (Å²) < 4.78 is 0. The van der Waals surface area contributed by atoms with E-state index in [1.165, 1.54) is 22.3 Å². The summed E-state index contributed by atoms with van der Waals surface area (Å²) in [5.41, 5.74) is 5.36. The number of hydrogen-bond acceptors (Lipinski definition) is 2. The molecule has 0 bridgehead atoms. The Morgan fingerprint density at radius 3 is 2.35 bits per heavy atom. The van der Waals surface area contributed by atoms with Crippen molar-refractivity contribution in [3.05, 3.63) is 52.5 Å². The average Bonchev–Trinajstić information content (AvgIpc) is 2.72. The molecular weight excluding hydrogens is 270 g/mol. The molecule has 0 amide bonds. The first kappa shape index (κ1) is 13.7. The molecule has 0 spiro atoms. The Labute approximate surface area is 124 Å². The van der Waals surface area contributed by atoms with Crippen molar-refractivity contribution in [1.29, 1.82) is 0 Å². The van der Waals surface area contributed by atoms with Gasteiger partial charge in [0.2, 0.25) is 0 Å². The van der Waals surface area contributed by atoms with Crippen molar-refractivity contribution in [2.24, 2.45) is 0 Å². The van der Waals surface area contributed by atoms with Crippen molar-refractivity contribution in [2.75, 3.05) is 0 Å². The van der Waals surface area contributed by atoms with Gasteiger partial charge in [-0.05, 0) is 46.3 Å². The highest BCUT2D eigenvalue weighted by molar-refractivity contribution is 6.58. The van der Waals surface area contributed by atoms with Crippen molar-refractivity contribution in [3.63, 3.8) is 0 Å². The van der Waals surface area contributed by atoms with Gasteiger partial charge in [0.25, 0.3) is 0 Å². The molecule has 2 aromatic carbocycles. The van der Waals surface area contributed by atoms with Crippen LogP contribution in [0.4, 0.5) is 0 Å². The molecule has 0 saturated heterocycles. The van der Waals surface area contributed by atoms with Crippen LogP contribution < -0.4 is 5.46 Å². The van der Waals surface area contributed by atoms with Gasteiger partial charge in [0, 0.05) is 10.9 Å². The van der Waals surface area contributed by atoms with Crippen LogP contribution in [-0.4, -0.2) is 17.2 Å². The fraction of sp³-hybridized carbons (Fsp3) is 0.250. The van der Waals surface area contributed by atoms with E-state index < -0.39 is 7.12 Å². The van der Waals surface area contributed by atoms with Crippen molar-refractivity contribution in [2.45, 2.75) is 25.7 Å². The summed E-state index contributed by atoms with van der Waals surface area (Å²) in [6.45, 7) is 2.16. The molecule has 0 heterocycles. The summed E-state index contributed by atoms with van der Waals surface area (Å²) in [4.78, 5) is 0. The molecule has 0 aliphatic heterocycles. The largest absolute Gasteiger partial charge is 0.488 e. The van der Waals surface area contributed by atoms with E-state index in [2.05, 4.69) is 13.0 Å². The number of benzene rings is 2. The SMILES string of the molecule is CCCC1c2cc(Cl)ccc2-c2ccc(B(O)O)cc21. The van der Waals surface area contributed by atoms with Gasteiger partial charge < -0.3 is 10.0 Å². The van der Waals surface area contributed by atoms with Crippen molar-refractivity contribution < 1.29 is 10.0 Å². The van der Waals surface area contributed by atoms with E-state index in [1.807, 2.05) is 24.3 Å². The minimum atomic E-state index is -1.42. The van der Waals surface area contributed by atoms with Gasteiger partial charge in [-0.2, -0.15) is 0 Å². The second-order valence-electron chi connectivity index (χ2n) is 5.29.